The highest BCUT2D eigenvalue weighted by Gasteiger charge is 2.24. The summed E-state index contributed by atoms with van der Waals surface area (Å²) in [5.74, 6) is 1.08. The van der Waals surface area contributed by atoms with E-state index in [9.17, 15) is 0 Å². The van der Waals surface area contributed by atoms with E-state index >= 15 is 0 Å². The molecule has 0 spiro atoms. The van der Waals surface area contributed by atoms with Crippen molar-refractivity contribution in [1.82, 2.24) is 24.7 Å². The second kappa shape index (κ2) is 4.53. The number of hydrogen-bond donors (Lipinski definition) is 0. The van der Waals surface area contributed by atoms with Gasteiger partial charge in [0.15, 0.2) is 0 Å². The van der Waals surface area contributed by atoms with Crippen LogP contribution in [0.15, 0.2) is 18.5 Å². The topological polar surface area (TPSA) is 59.7 Å². The molecule has 0 aliphatic carbocycles. The van der Waals surface area contributed by atoms with E-state index in [0.29, 0.717) is 17.9 Å². The van der Waals surface area contributed by atoms with Gasteiger partial charge in [0, 0.05) is 25.0 Å². The summed E-state index contributed by atoms with van der Waals surface area (Å²) in [6.07, 6.45) is 5.76. The first kappa shape index (κ1) is 11.4. The molecule has 0 saturated carbocycles. The van der Waals surface area contributed by atoms with Crippen molar-refractivity contribution in [3.05, 3.63) is 23.7 Å². The Morgan fingerprint density at radius 1 is 1.28 bits per heavy atom. The van der Waals surface area contributed by atoms with Crippen LogP contribution in [0.3, 0.4) is 0 Å². The first-order valence-electron chi connectivity index (χ1n) is 5.92. The quantitative estimate of drug-likeness (QED) is 0.826. The standard InChI is InChI=1S/C11H13ClN6/c1-8-4-2-6-17(8)10-14-9(12)15-11(16-10)18-7-3-5-13-18/h3,5,7-8H,2,4,6H2,1H3. The molecule has 2 aromatic heterocycles. The van der Waals surface area contributed by atoms with Crippen LogP contribution in [0.4, 0.5) is 5.95 Å². The summed E-state index contributed by atoms with van der Waals surface area (Å²) >= 11 is 5.96. The molecule has 7 heteroatoms. The maximum atomic E-state index is 5.96. The summed E-state index contributed by atoms with van der Waals surface area (Å²) in [6, 6.07) is 2.25. The van der Waals surface area contributed by atoms with Crippen LogP contribution in [0.2, 0.25) is 5.28 Å². The smallest absolute Gasteiger partial charge is 0.256 e. The predicted molar refractivity (Wildman–Crippen MR) is 68.0 cm³/mol. The minimum atomic E-state index is 0.199. The lowest BCUT2D eigenvalue weighted by molar-refractivity contribution is 0.704. The summed E-state index contributed by atoms with van der Waals surface area (Å²) in [5, 5.41) is 4.30. The Morgan fingerprint density at radius 2 is 2.11 bits per heavy atom. The Balaban J connectivity index is 2.01. The van der Waals surface area contributed by atoms with E-state index in [1.807, 2.05) is 6.07 Å². The highest BCUT2D eigenvalue weighted by molar-refractivity contribution is 6.28. The van der Waals surface area contributed by atoms with Gasteiger partial charge in [-0.25, -0.2) is 4.68 Å². The summed E-state index contributed by atoms with van der Waals surface area (Å²) in [7, 11) is 0. The lowest BCUT2D eigenvalue weighted by atomic mass is 10.2. The Morgan fingerprint density at radius 3 is 2.78 bits per heavy atom. The van der Waals surface area contributed by atoms with E-state index in [4.69, 9.17) is 11.6 Å². The van der Waals surface area contributed by atoms with Gasteiger partial charge in [-0.1, -0.05) is 0 Å². The molecule has 1 aliphatic rings. The van der Waals surface area contributed by atoms with Crippen molar-refractivity contribution in [2.45, 2.75) is 25.8 Å². The highest BCUT2D eigenvalue weighted by atomic mass is 35.5. The molecule has 0 N–H and O–H groups in total. The van der Waals surface area contributed by atoms with Crippen LogP contribution in [-0.2, 0) is 0 Å². The zero-order chi connectivity index (χ0) is 12.5. The van der Waals surface area contributed by atoms with Gasteiger partial charge in [0.1, 0.15) is 0 Å². The van der Waals surface area contributed by atoms with Crippen molar-refractivity contribution in [1.29, 1.82) is 0 Å². The summed E-state index contributed by atoms with van der Waals surface area (Å²) in [6.45, 7) is 3.12. The molecule has 1 fully saturated rings. The van der Waals surface area contributed by atoms with Crippen molar-refractivity contribution in [3.8, 4) is 5.95 Å². The predicted octanol–water partition coefficient (Wildman–Crippen LogP) is 1.70. The Labute approximate surface area is 110 Å². The van der Waals surface area contributed by atoms with Crippen LogP contribution >= 0.6 is 11.6 Å². The number of hydrogen-bond acceptors (Lipinski definition) is 5. The van der Waals surface area contributed by atoms with Crippen molar-refractivity contribution >= 4 is 17.5 Å². The normalized spacial score (nSPS) is 19.4. The van der Waals surface area contributed by atoms with Gasteiger partial charge in [-0.2, -0.15) is 20.1 Å². The minimum absolute atomic E-state index is 0.199. The van der Waals surface area contributed by atoms with Gasteiger partial charge in [0.2, 0.25) is 11.2 Å². The molecular formula is C11H13ClN6. The molecule has 94 valence electrons. The largest absolute Gasteiger partial charge is 0.338 e. The third-order valence-corrected chi connectivity index (χ3v) is 3.27. The van der Waals surface area contributed by atoms with Crippen molar-refractivity contribution < 1.29 is 0 Å². The number of rotatable bonds is 2. The molecule has 3 rings (SSSR count). The number of nitrogens with zero attached hydrogens (tertiary/aromatic N) is 6. The molecular weight excluding hydrogens is 252 g/mol. The zero-order valence-electron chi connectivity index (χ0n) is 9.99. The van der Waals surface area contributed by atoms with Gasteiger partial charge in [0.25, 0.3) is 5.95 Å². The van der Waals surface area contributed by atoms with Gasteiger partial charge >= 0.3 is 0 Å². The zero-order valence-corrected chi connectivity index (χ0v) is 10.7. The molecule has 1 atom stereocenters. The van der Waals surface area contributed by atoms with Crippen LogP contribution in [0.1, 0.15) is 19.8 Å². The molecule has 1 saturated heterocycles. The van der Waals surface area contributed by atoms with Crippen molar-refractivity contribution in [2.75, 3.05) is 11.4 Å². The third kappa shape index (κ3) is 2.03. The molecule has 0 radical (unpaired) electrons. The number of aromatic nitrogens is 5. The Bertz CT molecular complexity index is 540. The maximum Gasteiger partial charge on any atom is 0.256 e. The second-order valence-corrected chi connectivity index (χ2v) is 4.68. The van der Waals surface area contributed by atoms with E-state index in [1.54, 1.807) is 17.1 Å². The fraction of sp³-hybridized carbons (Fsp3) is 0.455. The van der Waals surface area contributed by atoms with E-state index < -0.39 is 0 Å². The SMILES string of the molecule is CC1CCCN1c1nc(Cl)nc(-n2cccn2)n1. The van der Waals surface area contributed by atoms with Crippen LogP contribution in [0.25, 0.3) is 5.95 Å². The summed E-state index contributed by atoms with van der Waals surface area (Å²) in [5.41, 5.74) is 0. The summed E-state index contributed by atoms with van der Waals surface area (Å²) < 4.78 is 1.58. The molecule has 0 aromatic carbocycles. The van der Waals surface area contributed by atoms with E-state index in [1.165, 1.54) is 0 Å². The van der Waals surface area contributed by atoms with Crippen LogP contribution in [0.5, 0.6) is 0 Å². The van der Waals surface area contributed by atoms with Crippen LogP contribution in [-0.4, -0.2) is 37.3 Å². The first-order valence-corrected chi connectivity index (χ1v) is 6.30. The molecule has 2 aromatic rings. The van der Waals surface area contributed by atoms with E-state index in [0.717, 1.165) is 19.4 Å². The van der Waals surface area contributed by atoms with Gasteiger partial charge < -0.3 is 4.90 Å². The molecule has 0 amide bonds. The van der Waals surface area contributed by atoms with Gasteiger partial charge in [-0.15, -0.1) is 0 Å². The maximum absolute atomic E-state index is 5.96. The summed E-state index contributed by atoms with van der Waals surface area (Å²) in [4.78, 5) is 14.9. The molecule has 3 heterocycles. The average molecular weight is 265 g/mol. The van der Waals surface area contributed by atoms with Crippen molar-refractivity contribution in [2.24, 2.45) is 0 Å². The van der Waals surface area contributed by atoms with Crippen LogP contribution in [0, 0.1) is 0 Å². The molecule has 6 nitrogen and oxygen atoms in total. The monoisotopic (exact) mass is 264 g/mol. The molecule has 1 unspecified atom stereocenters. The highest BCUT2D eigenvalue weighted by Crippen LogP contribution is 2.23. The fourth-order valence-corrected chi connectivity index (χ4v) is 2.33. The third-order valence-electron chi connectivity index (χ3n) is 3.10. The number of halogens is 1. The second-order valence-electron chi connectivity index (χ2n) is 4.34. The van der Waals surface area contributed by atoms with Crippen molar-refractivity contribution in [3.63, 3.8) is 0 Å². The molecule has 18 heavy (non-hydrogen) atoms. The van der Waals surface area contributed by atoms with E-state index in [2.05, 4.69) is 31.9 Å². The number of anilines is 1. The lowest BCUT2D eigenvalue weighted by Crippen LogP contribution is -2.28. The Kier molecular flexibility index (Phi) is 2.87. The van der Waals surface area contributed by atoms with Gasteiger partial charge in [-0.05, 0) is 37.4 Å². The van der Waals surface area contributed by atoms with Gasteiger partial charge in [0.05, 0.1) is 0 Å². The first-order chi connectivity index (χ1) is 8.74. The minimum Gasteiger partial charge on any atom is -0.338 e. The molecule has 1 aliphatic heterocycles. The van der Waals surface area contributed by atoms with Gasteiger partial charge in [-0.3, -0.25) is 0 Å². The Hall–Kier alpha value is -1.69. The van der Waals surface area contributed by atoms with E-state index in [-0.39, 0.29) is 5.28 Å². The lowest BCUT2D eigenvalue weighted by Gasteiger charge is -2.21. The fourth-order valence-electron chi connectivity index (χ4n) is 2.18. The average Bonchev–Trinajstić information content (AvgIpc) is 2.98. The van der Waals surface area contributed by atoms with Crippen LogP contribution < -0.4 is 4.90 Å². The molecule has 0 bridgehead atoms.